The third-order valence-electron chi connectivity index (χ3n) is 5.08. The maximum absolute atomic E-state index is 12.8. The molecule has 8 heteroatoms. The quantitative estimate of drug-likeness (QED) is 0.817. The van der Waals surface area contributed by atoms with Gasteiger partial charge in [0.2, 0.25) is 5.91 Å². The predicted octanol–water partition coefficient (Wildman–Crippen LogP) is 1.21. The van der Waals surface area contributed by atoms with E-state index >= 15 is 0 Å². The average molecular weight is 358 g/mol. The van der Waals surface area contributed by atoms with Crippen molar-refractivity contribution in [3.8, 4) is 11.5 Å². The van der Waals surface area contributed by atoms with Gasteiger partial charge in [-0.25, -0.2) is 4.68 Å². The van der Waals surface area contributed by atoms with Gasteiger partial charge in [0.1, 0.15) is 0 Å². The van der Waals surface area contributed by atoms with E-state index in [-0.39, 0.29) is 18.1 Å². The number of carbonyl (C=O) groups excluding carboxylic acids is 1. The van der Waals surface area contributed by atoms with Crippen molar-refractivity contribution in [3.05, 3.63) is 35.7 Å². The number of piperidine rings is 1. The first-order valence-electron chi connectivity index (χ1n) is 8.69. The first-order chi connectivity index (χ1) is 12.7. The average Bonchev–Trinajstić information content (AvgIpc) is 3.16. The third kappa shape index (κ3) is 3.01. The number of carbonyl (C=O) groups is 1. The van der Waals surface area contributed by atoms with Crippen LogP contribution in [-0.4, -0.2) is 59.2 Å². The van der Waals surface area contributed by atoms with Crippen molar-refractivity contribution < 1.29 is 19.0 Å². The van der Waals surface area contributed by atoms with Gasteiger partial charge in [-0.3, -0.25) is 4.79 Å². The highest BCUT2D eigenvalue weighted by Crippen LogP contribution is 2.31. The van der Waals surface area contributed by atoms with E-state index in [1.165, 1.54) is 0 Å². The molecular formula is C18H22N4O4. The number of methoxy groups -OCH3 is 2. The lowest BCUT2D eigenvalue weighted by atomic mass is 9.99. The zero-order valence-electron chi connectivity index (χ0n) is 14.9. The van der Waals surface area contributed by atoms with Crippen molar-refractivity contribution in [2.24, 2.45) is 0 Å². The predicted molar refractivity (Wildman–Crippen MR) is 92.1 cm³/mol. The van der Waals surface area contributed by atoms with Crippen LogP contribution in [0.4, 0.5) is 0 Å². The topological polar surface area (TPSA) is 78.7 Å². The number of aromatic nitrogens is 3. The Kier molecular flexibility index (Phi) is 4.50. The van der Waals surface area contributed by atoms with Crippen molar-refractivity contribution in [3.63, 3.8) is 0 Å². The van der Waals surface area contributed by atoms with E-state index < -0.39 is 0 Å². The van der Waals surface area contributed by atoms with Gasteiger partial charge in [0.25, 0.3) is 0 Å². The summed E-state index contributed by atoms with van der Waals surface area (Å²) in [6.45, 7) is 1.82. The van der Waals surface area contributed by atoms with Gasteiger partial charge in [0.05, 0.1) is 51.3 Å². The molecule has 2 aliphatic rings. The fourth-order valence-electron chi connectivity index (χ4n) is 3.68. The molecule has 4 rings (SSSR count). The Morgan fingerprint density at radius 1 is 1.31 bits per heavy atom. The highest BCUT2D eigenvalue weighted by molar-refractivity contribution is 5.79. The molecule has 1 fully saturated rings. The lowest BCUT2D eigenvalue weighted by Gasteiger charge is -2.41. The summed E-state index contributed by atoms with van der Waals surface area (Å²) >= 11 is 0. The van der Waals surface area contributed by atoms with Crippen LogP contribution in [0, 0.1) is 0 Å². The summed E-state index contributed by atoms with van der Waals surface area (Å²) in [6.07, 6.45) is 2.94. The number of fused-ring (bicyclic) bond motifs is 3. The minimum Gasteiger partial charge on any atom is -0.493 e. The van der Waals surface area contributed by atoms with Crippen LogP contribution < -0.4 is 9.47 Å². The molecule has 0 aliphatic carbocycles. The molecule has 2 unspecified atom stereocenters. The van der Waals surface area contributed by atoms with Crippen LogP contribution in [0.15, 0.2) is 24.4 Å². The van der Waals surface area contributed by atoms with Gasteiger partial charge in [-0.05, 0) is 24.1 Å². The standard InChI is InChI=1S/C18H22N4O4/c1-24-16-4-3-12(7-17(16)25-2)8-18(23)21-6-5-15-14(10-21)22-13(11-26-15)9-19-20-22/h3-4,7,9,14-15H,5-6,8,10-11H2,1-2H3. The number of hydrogen-bond acceptors (Lipinski definition) is 6. The van der Waals surface area contributed by atoms with Gasteiger partial charge in [-0.1, -0.05) is 11.3 Å². The maximum Gasteiger partial charge on any atom is 0.227 e. The van der Waals surface area contributed by atoms with E-state index in [0.717, 1.165) is 17.7 Å². The van der Waals surface area contributed by atoms with Crippen LogP contribution in [0.1, 0.15) is 23.7 Å². The normalized spacial score (nSPS) is 21.7. The minimum absolute atomic E-state index is 0.0318. The van der Waals surface area contributed by atoms with Gasteiger partial charge in [-0.2, -0.15) is 0 Å². The molecular weight excluding hydrogens is 336 g/mol. The highest BCUT2D eigenvalue weighted by atomic mass is 16.5. The Bertz CT molecular complexity index is 806. The number of amides is 1. The van der Waals surface area contributed by atoms with E-state index in [2.05, 4.69) is 10.3 Å². The largest absolute Gasteiger partial charge is 0.493 e. The zero-order chi connectivity index (χ0) is 18.1. The number of likely N-dealkylation sites (tertiary alicyclic amines) is 1. The van der Waals surface area contributed by atoms with Crippen LogP contribution in [0.25, 0.3) is 0 Å². The second kappa shape index (κ2) is 6.95. The summed E-state index contributed by atoms with van der Waals surface area (Å²) in [5.41, 5.74) is 1.86. The van der Waals surface area contributed by atoms with Crippen LogP contribution in [0.3, 0.4) is 0 Å². The molecule has 0 saturated carbocycles. The molecule has 8 nitrogen and oxygen atoms in total. The Hall–Kier alpha value is -2.61. The molecule has 2 aromatic rings. The first-order valence-corrected chi connectivity index (χ1v) is 8.69. The van der Waals surface area contributed by atoms with Crippen LogP contribution in [0.5, 0.6) is 11.5 Å². The summed E-state index contributed by atoms with van der Waals surface area (Å²) in [4.78, 5) is 14.7. The fourth-order valence-corrected chi connectivity index (χ4v) is 3.68. The van der Waals surface area contributed by atoms with Crippen molar-refractivity contribution >= 4 is 5.91 Å². The number of benzene rings is 1. The van der Waals surface area contributed by atoms with Crippen LogP contribution in [-0.2, 0) is 22.6 Å². The highest BCUT2D eigenvalue weighted by Gasteiger charge is 2.37. The molecule has 0 spiro atoms. The van der Waals surface area contributed by atoms with E-state index in [1.807, 2.05) is 27.8 Å². The summed E-state index contributed by atoms with van der Waals surface area (Å²) in [5.74, 6) is 1.37. The lowest BCUT2D eigenvalue weighted by molar-refractivity contribution is -0.137. The number of hydrogen-bond donors (Lipinski definition) is 0. The van der Waals surface area contributed by atoms with E-state index in [9.17, 15) is 4.79 Å². The van der Waals surface area contributed by atoms with Gasteiger partial charge in [0.15, 0.2) is 11.5 Å². The molecule has 26 heavy (non-hydrogen) atoms. The minimum atomic E-state index is 0.0318. The van der Waals surface area contributed by atoms with Crippen molar-refractivity contribution in [1.82, 2.24) is 19.9 Å². The van der Waals surface area contributed by atoms with Gasteiger partial charge in [0, 0.05) is 13.1 Å². The molecule has 2 atom stereocenters. The second-order valence-corrected chi connectivity index (χ2v) is 6.58. The molecule has 0 radical (unpaired) electrons. The number of ether oxygens (including phenoxy) is 3. The van der Waals surface area contributed by atoms with Gasteiger partial charge >= 0.3 is 0 Å². The molecule has 0 bridgehead atoms. The number of nitrogens with zero attached hydrogens (tertiary/aromatic N) is 4. The molecule has 0 N–H and O–H groups in total. The first kappa shape index (κ1) is 16.8. The van der Waals surface area contributed by atoms with Crippen molar-refractivity contribution in [2.75, 3.05) is 27.3 Å². The summed E-state index contributed by atoms with van der Waals surface area (Å²) in [7, 11) is 3.19. The number of rotatable bonds is 4. The smallest absolute Gasteiger partial charge is 0.227 e. The Balaban J connectivity index is 1.46. The summed E-state index contributed by atoms with van der Waals surface area (Å²) in [5, 5.41) is 8.15. The lowest BCUT2D eigenvalue weighted by Crippen LogP contribution is -2.50. The van der Waals surface area contributed by atoms with Crippen molar-refractivity contribution in [2.45, 2.75) is 31.6 Å². The van der Waals surface area contributed by atoms with Crippen LogP contribution in [0.2, 0.25) is 0 Å². The third-order valence-corrected chi connectivity index (χ3v) is 5.08. The second-order valence-electron chi connectivity index (χ2n) is 6.58. The fraction of sp³-hybridized carbons (Fsp3) is 0.500. The SMILES string of the molecule is COc1ccc(CC(=O)N2CCC3OCc4cnnn4C3C2)cc1OC. The summed E-state index contributed by atoms with van der Waals surface area (Å²) in [6, 6.07) is 5.60. The Morgan fingerprint density at radius 3 is 2.96 bits per heavy atom. The molecule has 1 aromatic heterocycles. The molecule has 138 valence electrons. The van der Waals surface area contributed by atoms with Gasteiger partial charge in [-0.15, -0.1) is 5.10 Å². The zero-order valence-corrected chi connectivity index (χ0v) is 14.9. The van der Waals surface area contributed by atoms with Crippen LogP contribution >= 0.6 is 0 Å². The van der Waals surface area contributed by atoms with E-state index in [1.54, 1.807) is 20.4 Å². The van der Waals surface area contributed by atoms with E-state index in [0.29, 0.717) is 37.6 Å². The Morgan fingerprint density at radius 2 is 2.15 bits per heavy atom. The van der Waals surface area contributed by atoms with E-state index in [4.69, 9.17) is 14.2 Å². The monoisotopic (exact) mass is 358 g/mol. The maximum atomic E-state index is 12.8. The molecule has 1 aromatic carbocycles. The molecule has 1 amide bonds. The molecule has 3 heterocycles. The van der Waals surface area contributed by atoms with Gasteiger partial charge < -0.3 is 19.1 Å². The molecule has 1 saturated heterocycles. The molecule has 2 aliphatic heterocycles. The van der Waals surface area contributed by atoms with Crippen molar-refractivity contribution in [1.29, 1.82) is 0 Å². The summed E-state index contributed by atoms with van der Waals surface area (Å²) < 4.78 is 18.4. The Labute approximate surface area is 151 Å².